The monoisotopic (exact) mass is 279 g/mol. The topological polar surface area (TPSA) is 76.2 Å². The normalized spacial score (nSPS) is 22.4. The van der Waals surface area contributed by atoms with Gasteiger partial charge in [-0.15, -0.1) is 0 Å². The van der Waals surface area contributed by atoms with Gasteiger partial charge in [0.05, 0.1) is 12.2 Å². The van der Waals surface area contributed by atoms with E-state index in [1.807, 2.05) is 27.1 Å². The van der Waals surface area contributed by atoms with Crippen LogP contribution in [0, 0.1) is 6.92 Å². The number of carbonyl (C=O) groups excluding carboxylic acids is 1. The zero-order valence-electron chi connectivity index (χ0n) is 12.6. The number of aromatic nitrogens is 2. The lowest BCUT2D eigenvalue weighted by Crippen LogP contribution is -2.35. The second kappa shape index (κ2) is 6.37. The Hall–Kier alpha value is -1.40. The first-order valence-electron chi connectivity index (χ1n) is 7.21. The van der Waals surface area contributed by atoms with Gasteiger partial charge in [0.1, 0.15) is 5.69 Å². The predicted octanol–water partition coefficient (Wildman–Crippen LogP) is 0.363. The summed E-state index contributed by atoms with van der Waals surface area (Å²) in [5.74, 6) is -0.0385. The third-order valence-corrected chi connectivity index (χ3v) is 3.70. The van der Waals surface area contributed by atoms with Crippen LogP contribution in [0.15, 0.2) is 6.07 Å². The summed E-state index contributed by atoms with van der Waals surface area (Å²) < 4.78 is 1.79. The summed E-state index contributed by atoms with van der Waals surface area (Å²) in [6.45, 7) is 3.48. The summed E-state index contributed by atoms with van der Waals surface area (Å²) in [5.41, 5.74) is 7.40. The molecular formula is C14H25N5O. The third-order valence-electron chi connectivity index (χ3n) is 3.70. The van der Waals surface area contributed by atoms with E-state index < -0.39 is 0 Å². The van der Waals surface area contributed by atoms with Gasteiger partial charge in [-0.3, -0.25) is 9.48 Å². The first-order valence-corrected chi connectivity index (χ1v) is 7.21. The van der Waals surface area contributed by atoms with Gasteiger partial charge in [0.2, 0.25) is 0 Å². The summed E-state index contributed by atoms with van der Waals surface area (Å²) >= 11 is 0. The minimum atomic E-state index is -0.0385. The fraction of sp³-hybridized carbons (Fsp3) is 0.714. The van der Waals surface area contributed by atoms with Gasteiger partial charge in [-0.1, -0.05) is 0 Å². The van der Waals surface area contributed by atoms with Crippen molar-refractivity contribution in [2.45, 2.75) is 44.8 Å². The SMILES string of the molecule is Cc1cc(C(=O)N[C@@H]2CC[C@@H](N)C2)n(CCN(C)C)n1. The molecule has 0 aliphatic heterocycles. The standard InChI is InChI=1S/C14H25N5O/c1-10-8-13(19(17-10)7-6-18(2)3)14(20)16-12-5-4-11(15)9-12/h8,11-12H,4-7,9,15H2,1-3H3,(H,16,20)/t11-,12-/m1/s1. The average molecular weight is 279 g/mol. The highest BCUT2D eigenvalue weighted by molar-refractivity contribution is 5.92. The Balaban J connectivity index is 2.01. The van der Waals surface area contributed by atoms with Gasteiger partial charge in [0.15, 0.2) is 0 Å². The van der Waals surface area contributed by atoms with Crippen molar-refractivity contribution < 1.29 is 4.79 Å². The van der Waals surface area contributed by atoms with Crippen molar-refractivity contribution >= 4 is 5.91 Å². The largest absolute Gasteiger partial charge is 0.348 e. The van der Waals surface area contributed by atoms with Crippen molar-refractivity contribution in [1.29, 1.82) is 0 Å². The number of nitrogens with two attached hydrogens (primary N) is 1. The lowest BCUT2D eigenvalue weighted by molar-refractivity contribution is 0.0926. The number of nitrogens with one attached hydrogen (secondary N) is 1. The molecule has 6 heteroatoms. The van der Waals surface area contributed by atoms with Crippen LogP contribution in [0.2, 0.25) is 0 Å². The maximum absolute atomic E-state index is 12.4. The molecule has 2 rings (SSSR count). The van der Waals surface area contributed by atoms with Crippen molar-refractivity contribution in [3.8, 4) is 0 Å². The molecule has 0 bridgehead atoms. The van der Waals surface area contributed by atoms with Crippen LogP contribution < -0.4 is 11.1 Å². The second-order valence-corrected chi connectivity index (χ2v) is 5.94. The Morgan fingerprint density at radius 1 is 1.55 bits per heavy atom. The van der Waals surface area contributed by atoms with Gasteiger partial charge in [0, 0.05) is 18.6 Å². The molecule has 1 aliphatic rings. The molecule has 20 heavy (non-hydrogen) atoms. The van der Waals surface area contributed by atoms with E-state index in [0.29, 0.717) is 12.2 Å². The van der Waals surface area contributed by atoms with Crippen molar-refractivity contribution in [3.63, 3.8) is 0 Å². The lowest BCUT2D eigenvalue weighted by Gasteiger charge is -2.14. The Bertz CT molecular complexity index is 468. The summed E-state index contributed by atoms with van der Waals surface area (Å²) in [4.78, 5) is 14.4. The van der Waals surface area contributed by atoms with Crippen LogP contribution in [0.25, 0.3) is 0 Å². The van der Waals surface area contributed by atoms with E-state index in [9.17, 15) is 4.79 Å². The Labute approximate surface area is 120 Å². The van der Waals surface area contributed by atoms with Crippen LogP contribution in [-0.2, 0) is 6.54 Å². The predicted molar refractivity (Wildman–Crippen MR) is 78.6 cm³/mol. The molecule has 0 unspecified atom stereocenters. The number of hydrogen-bond acceptors (Lipinski definition) is 4. The van der Waals surface area contributed by atoms with Crippen molar-refractivity contribution in [1.82, 2.24) is 20.0 Å². The molecule has 0 aromatic carbocycles. The minimum Gasteiger partial charge on any atom is -0.348 e. The summed E-state index contributed by atoms with van der Waals surface area (Å²) in [6.07, 6.45) is 2.83. The summed E-state index contributed by atoms with van der Waals surface area (Å²) in [6, 6.07) is 2.27. The van der Waals surface area contributed by atoms with Crippen LogP contribution in [0.5, 0.6) is 0 Å². The molecule has 0 radical (unpaired) electrons. The minimum absolute atomic E-state index is 0.0385. The Morgan fingerprint density at radius 2 is 2.30 bits per heavy atom. The Kier molecular flexibility index (Phi) is 4.77. The Morgan fingerprint density at radius 3 is 2.90 bits per heavy atom. The summed E-state index contributed by atoms with van der Waals surface area (Å²) in [5, 5.41) is 7.47. The van der Waals surface area contributed by atoms with E-state index in [1.165, 1.54) is 0 Å². The molecule has 1 aliphatic carbocycles. The summed E-state index contributed by atoms with van der Waals surface area (Å²) in [7, 11) is 4.02. The van der Waals surface area contributed by atoms with E-state index in [2.05, 4.69) is 15.3 Å². The quantitative estimate of drug-likeness (QED) is 0.816. The molecule has 1 fully saturated rings. The van der Waals surface area contributed by atoms with Gasteiger partial charge in [0.25, 0.3) is 5.91 Å². The molecule has 1 aromatic rings. The van der Waals surface area contributed by atoms with Gasteiger partial charge in [-0.05, 0) is 46.3 Å². The van der Waals surface area contributed by atoms with Crippen molar-refractivity contribution in [2.75, 3.05) is 20.6 Å². The molecule has 2 atom stereocenters. The third kappa shape index (κ3) is 3.80. The van der Waals surface area contributed by atoms with Crippen LogP contribution in [-0.4, -0.2) is 53.3 Å². The van der Waals surface area contributed by atoms with Gasteiger partial charge >= 0.3 is 0 Å². The van der Waals surface area contributed by atoms with E-state index in [1.54, 1.807) is 4.68 Å². The molecule has 1 amide bonds. The maximum Gasteiger partial charge on any atom is 0.269 e. The molecule has 0 spiro atoms. The smallest absolute Gasteiger partial charge is 0.269 e. The molecule has 1 aromatic heterocycles. The first kappa shape index (κ1) is 15.0. The van der Waals surface area contributed by atoms with E-state index >= 15 is 0 Å². The molecule has 112 valence electrons. The molecule has 1 heterocycles. The molecule has 6 nitrogen and oxygen atoms in total. The van der Waals surface area contributed by atoms with E-state index in [0.717, 1.165) is 31.5 Å². The molecule has 1 saturated carbocycles. The number of nitrogens with zero attached hydrogens (tertiary/aromatic N) is 3. The highest BCUT2D eigenvalue weighted by atomic mass is 16.2. The van der Waals surface area contributed by atoms with Crippen LogP contribution in [0.4, 0.5) is 0 Å². The highest BCUT2D eigenvalue weighted by Gasteiger charge is 2.24. The number of rotatable bonds is 5. The highest BCUT2D eigenvalue weighted by Crippen LogP contribution is 2.17. The van der Waals surface area contributed by atoms with Crippen LogP contribution >= 0.6 is 0 Å². The first-order chi connectivity index (χ1) is 9.45. The van der Waals surface area contributed by atoms with Crippen molar-refractivity contribution in [3.05, 3.63) is 17.5 Å². The fourth-order valence-electron chi connectivity index (χ4n) is 2.60. The number of amides is 1. The number of hydrogen-bond donors (Lipinski definition) is 2. The lowest BCUT2D eigenvalue weighted by atomic mass is 10.2. The second-order valence-electron chi connectivity index (χ2n) is 5.94. The fourth-order valence-corrected chi connectivity index (χ4v) is 2.60. The zero-order valence-corrected chi connectivity index (χ0v) is 12.6. The van der Waals surface area contributed by atoms with Gasteiger partial charge < -0.3 is 16.0 Å². The number of likely N-dealkylation sites (N-methyl/N-ethyl adjacent to an activating group) is 1. The van der Waals surface area contributed by atoms with E-state index in [-0.39, 0.29) is 18.0 Å². The van der Waals surface area contributed by atoms with E-state index in [4.69, 9.17) is 5.73 Å². The van der Waals surface area contributed by atoms with Crippen LogP contribution in [0.1, 0.15) is 35.4 Å². The van der Waals surface area contributed by atoms with Crippen molar-refractivity contribution in [2.24, 2.45) is 5.73 Å². The maximum atomic E-state index is 12.4. The zero-order chi connectivity index (χ0) is 14.7. The average Bonchev–Trinajstić information content (AvgIpc) is 2.93. The molecular weight excluding hydrogens is 254 g/mol. The van der Waals surface area contributed by atoms with Gasteiger partial charge in [-0.25, -0.2) is 0 Å². The molecule has 0 saturated heterocycles. The molecule has 3 N–H and O–H groups in total. The number of aryl methyl sites for hydroxylation is 1. The van der Waals surface area contributed by atoms with Gasteiger partial charge in [-0.2, -0.15) is 5.10 Å². The van der Waals surface area contributed by atoms with Crippen LogP contribution in [0.3, 0.4) is 0 Å². The number of carbonyl (C=O) groups is 1.